The number of hydrogen-bond donors (Lipinski definition) is 3. The van der Waals surface area contributed by atoms with E-state index in [1.807, 2.05) is 31.2 Å². The van der Waals surface area contributed by atoms with Gasteiger partial charge in [-0.05, 0) is 37.5 Å². The molecule has 0 bridgehead atoms. The minimum Gasteiger partial charge on any atom is -0.341 e. The van der Waals surface area contributed by atoms with E-state index in [2.05, 4.69) is 15.4 Å². The lowest BCUT2D eigenvalue weighted by molar-refractivity contribution is -0.131. The number of nitrogens with zero attached hydrogens (tertiary/aromatic N) is 1. The molecule has 1 aliphatic rings. The zero-order chi connectivity index (χ0) is 22.3. The molecule has 1 saturated heterocycles. The maximum absolute atomic E-state index is 12.4. The van der Waals surface area contributed by atoms with Crippen molar-refractivity contribution in [2.24, 2.45) is 0 Å². The van der Waals surface area contributed by atoms with Crippen molar-refractivity contribution < 1.29 is 18.0 Å². The van der Waals surface area contributed by atoms with Crippen molar-refractivity contribution in [3.63, 3.8) is 0 Å². The van der Waals surface area contributed by atoms with Gasteiger partial charge in [-0.1, -0.05) is 48.0 Å². The number of amides is 3. The van der Waals surface area contributed by atoms with Crippen LogP contribution in [0.5, 0.6) is 0 Å². The Morgan fingerprint density at radius 2 is 1.61 bits per heavy atom. The molecule has 31 heavy (non-hydrogen) atoms. The largest absolute Gasteiger partial charge is 0.341 e. The Morgan fingerprint density at radius 1 is 0.968 bits per heavy atom. The number of rotatable bonds is 7. The maximum Gasteiger partial charge on any atom is 0.315 e. The number of benzene rings is 2. The second-order valence-electron chi connectivity index (χ2n) is 7.61. The van der Waals surface area contributed by atoms with E-state index >= 15 is 0 Å². The molecule has 9 heteroatoms. The van der Waals surface area contributed by atoms with Crippen molar-refractivity contribution in [3.8, 4) is 0 Å². The molecule has 3 rings (SSSR count). The Kier molecular flexibility index (Phi) is 7.64. The standard InChI is InChI=1S/C22H28N4O4S/c1-17-7-9-18(10-8-17)15-23-22(28)24-16-21(27)26-13-11-19(12-14-26)25-31(29,30)20-5-3-2-4-6-20/h2-10,19,25H,11-16H2,1H3,(H2,23,24,28). The van der Waals surface area contributed by atoms with Crippen molar-refractivity contribution >= 4 is 22.0 Å². The third-order valence-corrected chi connectivity index (χ3v) is 6.73. The van der Waals surface area contributed by atoms with Crippen LogP contribution in [0.25, 0.3) is 0 Å². The van der Waals surface area contributed by atoms with Gasteiger partial charge in [0.2, 0.25) is 15.9 Å². The van der Waals surface area contributed by atoms with Crippen LogP contribution in [0.3, 0.4) is 0 Å². The molecule has 0 aliphatic carbocycles. The highest BCUT2D eigenvalue weighted by molar-refractivity contribution is 7.89. The number of urea groups is 1. The average Bonchev–Trinajstić information content (AvgIpc) is 2.78. The van der Waals surface area contributed by atoms with E-state index in [9.17, 15) is 18.0 Å². The van der Waals surface area contributed by atoms with E-state index in [-0.39, 0.29) is 23.4 Å². The van der Waals surface area contributed by atoms with E-state index < -0.39 is 16.1 Å². The highest BCUT2D eigenvalue weighted by atomic mass is 32.2. The molecule has 1 aliphatic heterocycles. The third kappa shape index (κ3) is 6.80. The molecule has 3 amide bonds. The molecular formula is C22H28N4O4S. The van der Waals surface area contributed by atoms with E-state index in [1.165, 1.54) is 0 Å². The Labute approximate surface area is 183 Å². The minimum absolute atomic E-state index is 0.0971. The summed E-state index contributed by atoms with van der Waals surface area (Å²) >= 11 is 0. The highest BCUT2D eigenvalue weighted by Gasteiger charge is 2.26. The molecule has 166 valence electrons. The van der Waals surface area contributed by atoms with Gasteiger partial charge in [0.05, 0.1) is 11.4 Å². The molecule has 2 aromatic rings. The SMILES string of the molecule is Cc1ccc(CNC(=O)NCC(=O)N2CCC(NS(=O)(=O)c3ccccc3)CC2)cc1. The molecule has 1 fully saturated rings. The number of piperidine rings is 1. The van der Waals surface area contributed by atoms with E-state index in [0.29, 0.717) is 32.5 Å². The van der Waals surface area contributed by atoms with Crippen molar-refractivity contribution in [1.82, 2.24) is 20.3 Å². The fourth-order valence-electron chi connectivity index (χ4n) is 3.35. The van der Waals surface area contributed by atoms with Gasteiger partial charge in [0.15, 0.2) is 0 Å². The summed E-state index contributed by atoms with van der Waals surface area (Å²) in [6.45, 7) is 3.16. The Morgan fingerprint density at radius 3 is 2.26 bits per heavy atom. The number of likely N-dealkylation sites (tertiary alicyclic amines) is 1. The first kappa shape index (κ1) is 22.8. The van der Waals surface area contributed by atoms with Gasteiger partial charge in [0, 0.05) is 25.7 Å². The highest BCUT2D eigenvalue weighted by Crippen LogP contribution is 2.15. The number of sulfonamides is 1. The smallest absolute Gasteiger partial charge is 0.315 e. The fraction of sp³-hybridized carbons (Fsp3) is 0.364. The van der Waals surface area contributed by atoms with Crippen LogP contribution in [-0.4, -0.2) is 50.9 Å². The van der Waals surface area contributed by atoms with E-state index in [4.69, 9.17) is 0 Å². The van der Waals surface area contributed by atoms with Crippen molar-refractivity contribution in [3.05, 3.63) is 65.7 Å². The van der Waals surface area contributed by atoms with Crippen LogP contribution in [0.4, 0.5) is 4.79 Å². The predicted molar refractivity (Wildman–Crippen MR) is 118 cm³/mol. The van der Waals surface area contributed by atoms with E-state index in [0.717, 1.165) is 11.1 Å². The summed E-state index contributed by atoms with van der Waals surface area (Å²) in [6, 6.07) is 15.4. The van der Waals surface area contributed by atoms with Gasteiger partial charge in [-0.25, -0.2) is 17.9 Å². The zero-order valence-electron chi connectivity index (χ0n) is 17.5. The van der Waals surface area contributed by atoms with Crippen molar-refractivity contribution in [1.29, 1.82) is 0 Å². The molecule has 0 aromatic heterocycles. The molecule has 0 unspecified atom stereocenters. The van der Waals surface area contributed by atoms with Crippen LogP contribution in [0.1, 0.15) is 24.0 Å². The summed E-state index contributed by atoms with van der Waals surface area (Å²) in [5.41, 5.74) is 2.13. The van der Waals surface area contributed by atoms with Crippen LogP contribution in [0, 0.1) is 6.92 Å². The Hall–Kier alpha value is -2.91. The summed E-state index contributed by atoms with van der Waals surface area (Å²) in [4.78, 5) is 26.2. The lowest BCUT2D eigenvalue weighted by Gasteiger charge is -2.32. The first-order valence-electron chi connectivity index (χ1n) is 10.3. The number of carbonyl (C=O) groups is 2. The molecule has 3 N–H and O–H groups in total. The average molecular weight is 445 g/mol. The van der Waals surface area contributed by atoms with Crippen LogP contribution >= 0.6 is 0 Å². The predicted octanol–water partition coefficient (Wildman–Crippen LogP) is 1.76. The number of aryl methyl sites for hydroxylation is 1. The normalized spacial score (nSPS) is 14.8. The van der Waals surface area contributed by atoms with Crippen LogP contribution in [0.2, 0.25) is 0 Å². The van der Waals surface area contributed by atoms with Gasteiger partial charge >= 0.3 is 6.03 Å². The van der Waals surface area contributed by atoms with Gasteiger partial charge in [-0.3, -0.25) is 4.79 Å². The first-order chi connectivity index (χ1) is 14.8. The molecule has 0 atom stereocenters. The Balaban J connectivity index is 1.38. The monoisotopic (exact) mass is 444 g/mol. The molecule has 0 radical (unpaired) electrons. The van der Waals surface area contributed by atoms with Crippen molar-refractivity contribution in [2.45, 2.75) is 37.2 Å². The lowest BCUT2D eigenvalue weighted by Crippen LogP contribution is -2.49. The maximum atomic E-state index is 12.4. The summed E-state index contributed by atoms with van der Waals surface area (Å²) in [5, 5.41) is 5.31. The fourth-order valence-corrected chi connectivity index (χ4v) is 4.68. The molecule has 0 saturated carbocycles. The topological polar surface area (TPSA) is 108 Å². The first-order valence-corrected chi connectivity index (χ1v) is 11.7. The number of carbonyl (C=O) groups excluding carboxylic acids is 2. The van der Waals surface area contributed by atoms with Gasteiger partial charge in [0.1, 0.15) is 0 Å². The molecule has 0 spiro atoms. The zero-order valence-corrected chi connectivity index (χ0v) is 18.3. The van der Waals surface area contributed by atoms with Crippen molar-refractivity contribution in [2.75, 3.05) is 19.6 Å². The molecule has 8 nitrogen and oxygen atoms in total. The second kappa shape index (κ2) is 10.4. The minimum atomic E-state index is -3.57. The lowest BCUT2D eigenvalue weighted by atomic mass is 10.1. The summed E-state index contributed by atoms with van der Waals surface area (Å²) < 4.78 is 27.6. The van der Waals surface area contributed by atoms with Gasteiger partial charge in [-0.2, -0.15) is 0 Å². The summed E-state index contributed by atoms with van der Waals surface area (Å²) in [6.07, 6.45) is 1.05. The van der Waals surface area contributed by atoms with Crippen LogP contribution in [0.15, 0.2) is 59.5 Å². The number of nitrogens with one attached hydrogen (secondary N) is 3. The quantitative estimate of drug-likeness (QED) is 0.605. The third-order valence-electron chi connectivity index (χ3n) is 5.20. The van der Waals surface area contributed by atoms with Gasteiger partial charge in [-0.15, -0.1) is 0 Å². The van der Waals surface area contributed by atoms with E-state index in [1.54, 1.807) is 35.2 Å². The summed E-state index contributed by atoms with van der Waals surface area (Å²) in [7, 11) is -3.57. The Bertz CT molecular complexity index is 986. The van der Waals surface area contributed by atoms with Crippen LogP contribution < -0.4 is 15.4 Å². The summed E-state index contributed by atoms with van der Waals surface area (Å²) in [5.74, 6) is -0.185. The van der Waals surface area contributed by atoms with Crippen LogP contribution in [-0.2, 0) is 21.4 Å². The molecule has 1 heterocycles. The second-order valence-corrected chi connectivity index (χ2v) is 9.33. The molecule has 2 aromatic carbocycles. The van der Waals surface area contributed by atoms with Gasteiger partial charge < -0.3 is 15.5 Å². The molecular weight excluding hydrogens is 416 g/mol. The van der Waals surface area contributed by atoms with Gasteiger partial charge in [0.25, 0.3) is 0 Å². The number of hydrogen-bond acceptors (Lipinski definition) is 4.